The van der Waals surface area contributed by atoms with Crippen molar-refractivity contribution in [1.82, 2.24) is 0 Å². The Bertz CT molecular complexity index is 519. The number of hydrogen-bond acceptors (Lipinski definition) is 3. The molecule has 0 saturated heterocycles. The second-order valence-electron chi connectivity index (χ2n) is 3.96. The Morgan fingerprint density at radius 1 is 1.33 bits per heavy atom. The van der Waals surface area contributed by atoms with Crippen LogP contribution in [0.2, 0.25) is 0 Å². The molecule has 0 aliphatic heterocycles. The molecule has 18 heavy (non-hydrogen) atoms. The maximum Gasteiger partial charge on any atom is 0.338 e. The zero-order chi connectivity index (χ0) is 13.0. The third-order valence-electron chi connectivity index (χ3n) is 2.75. The molecule has 0 bridgehead atoms. The van der Waals surface area contributed by atoms with Gasteiger partial charge in [-0.2, -0.15) is 0 Å². The van der Waals surface area contributed by atoms with Crippen LogP contribution in [0.3, 0.4) is 0 Å². The number of nitrogens with zero attached hydrogens (tertiary/aromatic N) is 1. The second kappa shape index (κ2) is 5.40. The first-order chi connectivity index (χ1) is 8.70. The van der Waals surface area contributed by atoms with Crippen LogP contribution < -0.4 is 4.90 Å². The molecule has 0 aliphatic carbocycles. The normalized spacial score (nSPS) is 10.3. The molecular formula is C14H15NO3. The predicted molar refractivity (Wildman–Crippen MR) is 68.8 cm³/mol. The summed E-state index contributed by atoms with van der Waals surface area (Å²) in [6, 6.07) is 11.5. The number of aromatic carboxylic acids is 1. The van der Waals surface area contributed by atoms with Crippen LogP contribution in [0.4, 0.5) is 5.69 Å². The number of carboxylic acid groups (broad SMARTS) is 1. The fourth-order valence-corrected chi connectivity index (χ4v) is 1.79. The van der Waals surface area contributed by atoms with Gasteiger partial charge in [0, 0.05) is 12.2 Å². The van der Waals surface area contributed by atoms with Gasteiger partial charge in [0.25, 0.3) is 0 Å². The summed E-state index contributed by atoms with van der Waals surface area (Å²) in [5, 5.41) is 8.83. The first-order valence-corrected chi connectivity index (χ1v) is 5.81. The molecule has 1 N–H and O–H groups in total. The minimum atomic E-state index is -0.965. The number of furan rings is 1. The molecule has 4 nitrogen and oxygen atoms in total. The maximum absolute atomic E-state index is 10.8. The molecule has 0 atom stereocenters. The van der Waals surface area contributed by atoms with E-state index >= 15 is 0 Å². The van der Waals surface area contributed by atoms with E-state index in [2.05, 4.69) is 4.90 Å². The largest absolute Gasteiger partial charge is 0.478 e. The highest BCUT2D eigenvalue weighted by Gasteiger charge is 2.11. The van der Waals surface area contributed by atoms with Gasteiger partial charge in [-0.15, -0.1) is 0 Å². The first-order valence-electron chi connectivity index (χ1n) is 5.81. The minimum Gasteiger partial charge on any atom is -0.478 e. The Balaban J connectivity index is 2.13. The van der Waals surface area contributed by atoms with E-state index < -0.39 is 5.97 Å². The van der Waals surface area contributed by atoms with Crippen molar-refractivity contribution in [3.63, 3.8) is 0 Å². The average molecular weight is 245 g/mol. The van der Waals surface area contributed by atoms with Gasteiger partial charge < -0.3 is 14.4 Å². The molecule has 1 aromatic heterocycles. The van der Waals surface area contributed by atoms with E-state index in [4.69, 9.17) is 9.52 Å². The lowest BCUT2D eigenvalue weighted by Crippen LogP contribution is -2.21. The lowest BCUT2D eigenvalue weighted by Gasteiger charge is -2.21. The topological polar surface area (TPSA) is 53.7 Å². The fourth-order valence-electron chi connectivity index (χ4n) is 1.79. The highest BCUT2D eigenvalue weighted by molar-refractivity contribution is 5.87. The number of anilines is 1. The van der Waals surface area contributed by atoms with E-state index in [-0.39, 0.29) is 5.56 Å². The number of carboxylic acids is 1. The Kier molecular flexibility index (Phi) is 3.67. The molecule has 2 rings (SSSR count). The minimum absolute atomic E-state index is 0.189. The highest BCUT2D eigenvalue weighted by atomic mass is 16.4. The van der Waals surface area contributed by atoms with Crippen LogP contribution in [0.1, 0.15) is 23.0 Å². The van der Waals surface area contributed by atoms with Crippen molar-refractivity contribution in [2.75, 3.05) is 11.4 Å². The molecule has 0 radical (unpaired) electrons. The molecule has 0 saturated carbocycles. The molecule has 94 valence electrons. The van der Waals surface area contributed by atoms with E-state index in [9.17, 15) is 4.79 Å². The van der Waals surface area contributed by atoms with Crippen LogP contribution in [-0.4, -0.2) is 17.6 Å². The van der Waals surface area contributed by atoms with Gasteiger partial charge >= 0.3 is 5.97 Å². The van der Waals surface area contributed by atoms with E-state index in [1.165, 1.54) is 6.26 Å². The maximum atomic E-state index is 10.8. The van der Waals surface area contributed by atoms with Crippen molar-refractivity contribution in [3.05, 3.63) is 54.0 Å². The van der Waals surface area contributed by atoms with Crippen LogP contribution in [0.5, 0.6) is 0 Å². The van der Waals surface area contributed by atoms with Gasteiger partial charge in [0.2, 0.25) is 0 Å². The van der Waals surface area contributed by atoms with Crippen molar-refractivity contribution in [1.29, 1.82) is 0 Å². The van der Waals surface area contributed by atoms with E-state index in [1.807, 2.05) is 37.3 Å². The number of hydrogen-bond donors (Lipinski definition) is 1. The Labute approximate surface area is 105 Å². The fraction of sp³-hybridized carbons (Fsp3) is 0.214. The monoisotopic (exact) mass is 245 g/mol. The number of carbonyl (C=O) groups is 1. The molecule has 0 aliphatic rings. The molecule has 0 spiro atoms. The zero-order valence-electron chi connectivity index (χ0n) is 10.2. The molecule has 0 amide bonds. The summed E-state index contributed by atoms with van der Waals surface area (Å²) in [5.41, 5.74) is 1.28. The zero-order valence-corrected chi connectivity index (χ0v) is 10.2. The van der Waals surface area contributed by atoms with Gasteiger partial charge in [-0.25, -0.2) is 4.79 Å². The molecule has 0 fully saturated rings. The van der Waals surface area contributed by atoms with Crippen molar-refractivity contribution in [2.24, 2.45) is 0 Å². The molecule has 4 heteroatoms. The lowest BCUT2D eigenvalue weighted by atomic mass is 10.2. The number of para-hydroxylation sites is 1. The van der Waals surface area contributed by atoms with Crippen molar-refractivity contribution in [2.45, 2.75) is 13.5 Å². The van der Waals surface area contributed by atoms with E-state index in [0.29, 0.717) is 12.3 Å². The quantitative estimate of drug-likeness (QED) is 0.879. The number of rotatable bonds is 5. The summed E-state index contributed by atoms with van der Waals surface area (Å²) in [6.45, 7) is 3.44. The van der Waals surface area contributed by atoms with Gasteiger partial charge in [0.15, 0.2) is 0 Å². The Hall–Kier alpha value is -2.23. The average Bonchev–Trinajstić information content (AvgIpc) is 2.86. The first kappa shape index (κ1) is 12.2. The van der Waals surface area contributed by atoms with Gasteiger partial charge in [-0.1, -0.05) is 18.2 Å². The lowest BCUT2D eigenvalue weighted by molar-refractivity contribution is 0.0696. The van der Waals surface area contributed by atoms with Gasteiger partial charge in [-0.05, 0) is 25.1 Å². The van der Waals surface area contributed by atoms with Crippen LogP contribution in [0.25, 0.3) is 0 Å². The summed E-state index contributed by atoms with van der Waals surface area (Å²) < 4.78 is 5.26. The summed E-state index contributed by atoms with van der Waals surface area (Å²) in [4.78, 5) is 12.9. The Morgan fingerprint density at radius 2 is 2.06 bits per heavy atom. The summed E-state index contributed by atoms with van der Waals surface area (Å²) in [7, 11) is 0. The summed E-state index contributed by atoms with van der Waals surface area (Å²) >= 11 is 0. The van der Waals surface area contributed by atoms with Crippen LogP contribution in [0, 0.1) is 0 Å². The molecular weight excluding hydrogens is 230 g/mol. The standard InChI is InChI=1S/C14H15NO3/c1-2-15(12-6-4-3-5-7-12)9-13-8-11(10-18-13)14(16)17/h3-8,10H,2,9H2,1H3,(H,16,17). The van der Waals surface area contributed by atoms with Gasteiger partial charge in [0.1, 0.15) is 12.0 Å². The van der Waals surface area contributed by atoms with Crippen LogP contribution in [-0.2, 0) is 6.54 Å². The van der Waals surface area contributed by atoms with E-state index in [0.717, 1.165) is 12.2 Å². The van der Waals surface area contributed by atoms with Gasteiger partial charge in [0.05, 0.1) is 12.1 Å². The molecule has 2 aromatic rings. The van der Waals surface area contributed by atoms with Crippen molar-refractivity contribution >= 4 is 11.7 Å². The molecule has 1 heterocycles. The summed E-state index contributed by atoms with van der Waals surface area (Å²) in [5.74, 6) is -0.314. The predicted octanol–water partition coefficient (Wildman–Crippen LogP) is 3.00. The van der Waals surface area contributed by atoms with E-state index in [1.54, 1.807) is 6.07 Å². The molecule has 1 aromatic carbocycles. The summed E-state index contributed by atoms with van der Waals surface area (Å²) in [6.07, 6.45) is 1.27. The second-order valence-corrected chi connectivity index (χ2v) is 3.96. The molecule has 0 unspecified atom stereocenters. The van der Waals surface area contributed by atoms with Crippen LogP contribution >= 0.6 is 0 Å². The third-order valence-corrected chi connectivity index (χ3v) is 2.75. The van der Waals surface area contributed by atoms with Gasteiger partial charge in [-0.3, -0.25) is 0 Å². The van der Waals surface area contributed by atoms with Crippen molar-refractivity contribution < 1.29 is 14.3 Å². The number of benzene rings is 1. The smallest absolute Gasteiger partial charge is 0.338 e. The Morgan fingerprint density at radius 3 is 2.61 bits per heavy atom. The third kappa shape index (κ3) is 2.71. The SMILES string of the molecule is CCN(Cc1cc(C(=O)O)co1)c1ccccc1. The van der Waals surface area contributed by atoms with Crippen molar-refractivity contribution in [3.8, 4) is 0 Å². The highest BCUT2D eigenvalue weighted by Crippen LogP contribution is 2.17. The van der Waals surface area contributed by atoms with Crippen LogP contribution in [0.15, 0.2) is 47.1 Å².